The number of benzene rings is 2. The van der Waals surface area contributed by atoms with E-state index in [0.717, 1.165) is 55.8 Å². The van der Waals surface area contributed by atoms with Gasteiger partial charge in [0.2, 0.25) is 0 Å². The van der Waals surface area contributed by atoms with E-state index in [4.69, 9.17) is 21.6 Å². The van der Waals surface area contributed by atoms with Crippen molar-refractivity contribution in [3.63, 3.8) is 0 Å². The first-order chi connectivity index (χ1) is 14.0. The Balaban J connectivity index is 1.29. The van der Waals surface area contributed by atoms with Gasteiger partial charge in [0.15, 0.2) is 5.78 Å². The lowest BCUT2D eigenvalue weighted by molar-refractivity contribution is 0.0589. The van der Waals surface area contributed by atoms with Gasteiger partial charge in [-0.15, -0.1) is 0 Å². The predicted octanol–water partition coefficient (Wildman–Crippen LogP) is 5.63. The summed E-state index contributed by atoms with van der Waals surface area (Å²) in [5.41, 5.74) is 2.74. The van der Waals surface area contributed by atoms with Gasteiger partial charge in [0.25, 0.3) is 0 Å². The Morgan fingerprint density at radius 2 is 1.90 bits per heavy atom. The summed E-state index contributed by atoms with van der Waals surface area (Å²) in [6.07, 6.45) is 5.19. The third-order valence-electron chi connectivity index (χ3n) is 6.28. The van der Waals surface area contributed by atoms with E-state index < -0.39 is 0 Å². The number of nitriles is 1. The lowest BCUT2D eigenvalue weighted by Crippen LogP contribution is -2.58. The van der Waals surface area contributed by atoms with E-state index in [1.54, 1.807) is 6.07 Å². The Bertz CT molecular complexity index is 932. The topological polar surface area (TPSA) is 53.3 Å². The molecule has 4 nitrogen and oxygen atoms in total. The van der Waals surface area contributed by atoms with Crippen molar-refractivity contribution in [1.29, 1.82) is 5.26 Å². The zero-order chi connectivity index (χ0) is 20.4. The lowest BCUT2D eigenvalue weighted by Gasteiger charge is -2.54. The minimum Gasteiger partial charge on any atom is -0.490 e. The van der Waals surface area contributed by atoms with E-state index in [-0.39, 0.29) is 11.9 Å². The fourth-order valence-electron chi connectivity index (χ4n) is 4.49. The van der Waals surface area contributed by atoms with Crippen LogP contribution in [0.4, 0.5) is 5.69 Å². The summed E-state index contributed by atoms with van der Waals surface area (Å²) < 4.78 is 6.17. The second kappa shape index (κ2) is 8.08. The molecule has 5 heteroatoms. The quantitative estimate of drug-likeness (QED) is 0.601. The average Bonchev–Trinajstić information content (AvgIpc) is 2.72. The first kappa shape index (κ1) is 19.8. The normalized spacial score (nSPS) is 18.2. The maximum atomic E-state index is 11.7. The fourth-order valence-corrected chi connectivity index (χ4v) is 4.71. The van der Waals surface area contributed by atoms with Gasteiger partial charge >= 0.3 is 0 Å². The molecule has 2 aromatic rings. The van der Waals surface area contributed by atoms with Crippen molar-refractivity contribution in [2.75, 3.05) is 18.0 Å². The van der Waals surface area contributed by atoms with Crippen molar-refractivity contribution in [3.05, 3.63) is 58.6 Å². The van der Waals surface area contributed by atoms with E-state index in [9.17, 15) is 4.79 Å². The molecule has 1 saturated heterocycles. The molecule has 0 unspecified atom stereocenters. The van der Waals surface area contributed by atoms with Crippen LogP contribution in [0.5, 0.6) is 5.75 Å². The molecule has 0 amide bonds. The zero-order valence-electron chi connectivity index (χ0n) is 16.7. The number of nitrogens with zero attached hydrogens (tertiary/aromatic N) is 2. The molecule has 1 aliphatic heterocycles. The first-order valence-electron chi connectivity index (χ1n) is 10.3. The van der Waals surface area contributed by atoms with Gasteiger partial charge < -0.3 is 9.64 Å². The molecule has 1 heterocycles. The van der Waals surface area contributed by atoms with Crippen molar-refractivity contribution in [2.45, 2.75) is 45.1 Å². The molecular weight excluding hydrogens is 384 g/mol. The Hall–Kier alpha value is -2.51. The highest BCUT2D eigenvalue weighted by molar-refractivity contribution is 6.32. The summed E-state index contributed by atoms with van der Waals surface area (Å²) in [6.45, 7) is 3.95. The van der Waals surface area contributed by atoms with Crippen molar-refractivity contribution in [2.24, 2.45) is 5.41 Å². The molecule has 0 bridgehead atoms. The van der Waals surface area contributed by atoms with Crippen LogP contribution in [0.1, 0.15) is 54.9 Å². The van der Waals surface area contributed by atoms with E-state index in [2.05, 4.69) is 11.0 Å². The van der Waals surface area contributed by atoms with Crippen molar-refractivity contribution in [1.82, 2.24) is 0 Å². The summed E-state index contributed by atoms with van der Waals surface area (Å²) in [5.74, 6) is 1.01. The third kappa shape index (κ3) is 4.11. The summed E-state index contributed by atoms with van der Waals surface area (Å²) in [6, 6.07) is 15.3. The minimum absolute atomic E-state index is 0.161. The van der Waals surface area contributed by atoms with Crippen molar-refractivity contribution in [3.8, 4) is 11.8 Å². The molecule has 0 aromatic heterocycles. The second-order valence-electron chi connectivity index (χ2n) is 8.25. The molecule has 2 fully saturated rings. The number of Topliss-reactive ketones (excluding diaryl/α,β-unsaturated/α-hetero) is 1. The van der Waals surface area contributed by atoms with Crippen LogP contribution in [-0.2, 0) is 0 Å². The largest absolute Gasteiger partial charge is 0.490 e. The maximum absolute atomic E-state index is 11.7. The number of rotatable bonds is 5. The number of carbonyl (C=O) groups is 1. The Morgan fingerprint density at radius 3 is 2.48 bits per heavy atom. The van der Waals surface area contributed by atoms with E-state index in [1.807, 2.05) is 43.3 Å². The fraction of sp³-hybridized carbons (Fsp3) is 0.417. The monoisotopic (exact) mass is 408 g/mol. The molecule has 4 rings (SSSR count). The van der Waals surface area contributed by atoms with Crippen LogP contribution in [-0.4, -0.2) is 25.0 Å². The SMILES string of the molecule is CCC(=O)c1ccc(OC2CCC3(CC2)CN(c2ccc(C#N)c(Cl)c2)C3)cc1. The molecule has 150 valence electrons. The average molecular weight is 409 g/mol. The Morgan fingerprint density at radius 1 is 1.21 bits per heavy atom. The predicted molar refractivity (Wildman–Crippen MR) is 115 cm³/mol. The van der Waals surface area contributed by atoms with Gasteiger partial charge in [-0.1, -0.05) is 18.5 Å². The molecule has 1 aliphatic carbocycles. The maximum Gasteiger partial charge on any atom is 0.162 e. The summed E-state index contributed by atoms with van der Waals surface area (Å²) in [7, 11) is 0. The number of hydrogen-bond donors (Lipinski definition) is 0. The zero-order valence-corrected chi connectivity index (χ0v) is 17.4. The standard InChI is InChI=1S/C24H25ClN2O2/c1-2-23(28)17-4-7-20(8-5-17)29-21-9-11-24(12-10-21)15-27(16-24)19-6-3-18(14-26)22(25)13-19/h3-8,13,21H,2,9-12,15-16H2,1H3. The highest BCUT2D eigenvalue weighted by Crippen LogP contribution is 2.46. The van der Waals surface area contributed by atoms with Crippen molar-refractivity contribution < 1.29 is 9.53 Å². The molecule has 2 aliphatic rings. The minimum atomic E-state index is 0.161. The van der Waals surface area contributed by atoms with Gasteiger partial charge in [0.05, 0.1) is 16.7 Å². The molecule has 1 saturated carbocycles. The van der Waals surface area contributed by atoms with Gasteiger partial charge in [-0.2, -0.15) is 5.26 Å². The summed E-state index contributed by atoms with van der Waals surface area (Å²) in [4.78, 5) is 14.1. The number of anilines is 1. The Labute approximate surface area is 177 Å². The van der Waals surface area contributed by atoms with Crippen LogP contribution >= 0.6 is 11.6 Å². The van der Waals surface area contributed by atoms with Crippen molar-refractivity contribution >= 4 is 23.1 Å². The molecule has 29 heavy (non-hydrogen) atoms. The van der Waals surface area contributed by atoms with Crippen LogP contribution in [0, 0.1) is 16.7 Å². The van der Waals surface area contributed by atoms with Crippen LogP contribution in [0.3, 0.4) is 0 Å². The number of ketones is 1. The molecular formula is C24H25ClN2O2. The first-order valence-corrected chi connectivity index (χ1v) is 10.6. The van der Waals surface area contributed by atoms with E-state index in [1.165, 1.54) is 0 Å². The number of ether oxygens (including phenoxy) is 1. The Kier molecular flexibility index (Phi) is 5.52. The molecule has 0 atom stereocenters. The third-order valence-corrected chi connectivity index (χ3v) is 6.60. The number of halogens is 1. The smallest absolute Gasteiger partial charge is 0.162 e. The summed E-state index contributed by atoms with van der Waals surface area (Å²) >= 11 is 6.18. The van der Waals surface area contributed by atoms with Gasteiger partial charge in [0.1, 0.15) is 11.8 Å². The molecule has 0 radical (unpaired) electrons. The number of carbonyl (C=O) groups excluding carboxylic acids is 1. The van der Waals surface area contributed by atoms with Gasteiger partial charge in [-0.3, -0.25) is 4.79 Å². The highest BCUT2D eigenvalue weighted by Gasteiger charge is 2.45. The van der Waals surface area contributed by atoms with E-state index in [0.29, 0.717) is 22.4 Å². The lowest BCUT2D eigenvalue weighted by atomic mass is 9.67. The number of hydrogen-bond acceptors (Lipinski definition) is 4. The van der Waals surface area contributed by atoms with Crippen LogP contribution in [0.15, 0.2) is 42.5 Å². The van der Waals surface area contributed by atoms with Gasteiger partial charge in [-0.25, -0.2) is 0 Å². The van der Waals surface area contributed by atoms with E-state index >= 15 is 0 Å². The van der Waals surface area contributed by atoms with Crippen LogP contribution in [0.2, 0.25) is 5.02 Å². The second-order valence-corrected chi connectivity index (χ2v) is 8.66. The molecule has 2 aromatic carbocycles. The summed E-state index contributed by atoms with van der Waals surface area (Å²) in [5, 5.41) is 9.55. The van der Waals surface area contributed by atoms with Gasteiger partial charge in [-0.05, 0) is 68.1 Å². The highest BCUT2D eigenvalue weighted by atomic mass is 35.5. The van der Waals surface area contributed by atoms with Crippen LogP contribution < -0.4 is 9.64 Å². The van der Waals surface area contributed by atoms with Crippen LogP contribution in [0.25, 0.3) is 0 Å². The molecule has 0 N–H and O–H groups in total. The van der Waals surface area contributed by atoms with Gasteiger partial charge in [0, 0.05) is 36.2 Å². The molecule has 1 spiro atoms.